The third-order valence-corrected chi connectivity index (χ3v) is 3.69. The third kappa shape index (κ3) is 2.96. The largest absolute Gasteiger partial charge is 0.497 e. The van der Waals surface area contributed by atoms with Crippen LogP contribution in [0.2, 0.25) is 0 Å². The van der Waals surface area contributed by atoms with Gasteiger partial charge in [-0.1, -0.05) is 6.07 Å². The van der Waals surface area contributed by atoms with Gasteiger partial charge in [0.1, 0.15) is 17.3 Å². The summed E-state index contributed by atoms with van der Waals surface area (Å²) in [5.74, 6) is 2.16. The van der Waals surface area contributed by atoms with Crippen molar-refractivity contribution in [1.82, 2.24) is 9.97 Å². The van der Waals surface area contributed by atoms with Crippen molar-refractivity contribution in [3.63, 3.8) is 0 Å². The van der Waals surface area contributed by atoms with Crippen LogP contribution in [-0.2, 0) is 6.42 Å². The van der Waals surface area contributed by atoms with Gasteiger partial charge in [0.15, 0.2) is 0 Å². The van der Waals surface area contributed by atoms with Gasteiger partial charge < -0.3 is 20.9 Å². The van der Waals surface area contributed by atoms with Crippen LogP contribution in [0.15, 0.2) is 36.4 Å². The highest BCUT2D eigenvalue weighted by atomic mass is 16.5. The first-order valence-corrected chi connectivity index (χ1v) is 7.13. The van der Waals surface area contributed by atoms with Gasteiger partial charge in [0, 0.05) is 17.4 Å². The quantitative estimate of drug-likeness (QED) is 0.768. The molecule has 0 bridgehead atoms. The fraction of sp³-hybridized carbons (Fsp3) is 0.176. The molecule has 118 valence electrons. The maximum Gasteiger partial charge on any atom is 0.222 e. The van der Waals surface area contributed by atoms with E-state index in [4.69, 9.17) is 20.9 Å². The van der Waals surface area contributed by atoms with Gasteiger partial charge in [0.05, 0.1) is 19.7 Å². The predicted octanol–water partition coefficient (Wildman–Crippen LogP) is 2.40. The molecule has 0 saturated carbocycles. The van der Waals surface area contributed by atoms with Crippen LogP contribution in [0.5, 0.6) is 11.5 Å². The van der Waals surface area contributed by atoms with E-state index in [1.807, 2.05) is 36.4 Å². The lowest BCUT2D eigenvalue weighted by atomic mass is 10.0. The minimum atomic E-state index is 0.178. The average Bonchev–Trinajstić information content (AvgIpc) is 2.55. The number of rotatable bonds is 4. The lowest BCUT2D eigenvalue weighted by molar-refractivity contribution is 0.399. The second kappa shape index (κ2) is 6.00. The Morgan fingerprint density at radius 3 is 2.52 bits per heavy atom. The van der Waals surface area contributed by atoms with Crippen LogP contribution in [0.3, 0.4) is 0 Å². The average molecular weight is 310 g/mol. The Hall–Kier alpha value is -3.02. The van der Waals surface area contributed by atoms with Gasteiger partial charge in [-0.15, -0.1) is 0 Å². The first kappa shape index (κ1) is 14.9. The minimum absolute atomic E-state index is 0.178. The zero-order valence-electron chi connectivity index (χ0n) is 13.0. The second-order valence-corrected chi connectivity index (χ2v) is 5.17. The van der Waals surface area contributed by atoms with Gasteiger partial charge in [0.2, 0.25) is 5.95 Å². The third-order valence-electron chi connectivity index (χ3n) is 3.69. The molecule has 1 aromatic heterocycles. The van der Waals surface area contributed by atoms with E-state index in [2.05, 4.69) is 9.97 Å². The summed E-state index contributed by atoms with van der Waals surface area (Å²) in [7, 11) is 3.30. The number of fused-ring (bicyclic) bond motifs is 1. The van der Waals surface area contributed by atoms with E-state index in [1.165, 1.54) is 0 Å². The SMILES string of the molecule is COc1ccc(OC)c(Cc2ccc3nc(N)nc(N)c3c2)c1. The summed E-state index contributed by atoms with van der Waals surface area (Å²) in [4.78, 5) is 8.20. The Morgan fingerprint density at radius 1 is 0.957 bits per heavy atom. The van der Waals surface area contributed by atoms with Gasteiger partial charge in [-0.2, -0.15) is 4.98 Å². The number of aromatic nitrogens is 2. The summed E-state index contributed by atoms with van der Waals surface area (Å²) in [6.45, 7) is 0. The van der Waals surface area contributed by atoms with Crippen molar-refractivity contribution >= 4 is 22.7 Å². The van der Waals surface area contributed by atoms with Crippen LogP contribution in [0, 0.1) is 0 Å². The molecule has 0 fully saturated rings. The molecule has 1 heterocycles. The molecular weight excluding hydrogens is 292 g/mol. The molecule has 0 saturated heterocycles. The van der Waals surface area contributed by atoms with E-state index in [9.17, 15) is 0 Å². The van der Waals surface area contributed by atoms with Gasteiger partial charge in [-0.3, -0.25) is 0 Å². The zero-order valence-corrected chi connectivity index (χ0v) is 13.0. The highest BCUT2D eigenvalue weighted by molar-refractivity contribution is 5.89. The molecule has 3 rings (SSSR count). The monoisotopic (exact) mass is 310 g/mol. The van der Waals surface area contributed by atoms with Crippen molar-refractivity contribution in [3.8, 4) is 11.5 Å². The summed E-state index contributed by atoms with van der Waals surface area (Å²) in [6.07, 6.45) is 0.681. The Balaban J connectivity index is 2.01. The molecule has 3 aromatic rings. The standard InChI is InChI=1S/C17H18N4O2/c1-22-12-4-6-15(23-2)11(9-12)7-10-3-5-14-13(8-10)16(18)21-17(19)20-14/h3-6,8-9H,7H2,1-2H3,(H4,18,19,20,21). The molecule has 0 aliphatic rings. The molecule has 0 amide bonds. The molecule has 0 atom stereocenters. The summed E-state index contributed by atoms with van der Waals surface area (Å²) < 4.78 is 10.7. The van der Waals surface area contributed by atoms with E-state index >= 15 is 0 Å². The summed E-state index contributed by atoms with van der Waals surface area (Å²) in [6, 6.07) is 11.6. The molecule has 0 spiro atoms. The topological polar surface area (TPSA) is 96.3 Å². The van der Waals surface area contributed by atoms with Crippen molar-refractivity contribution in [2.75, 3.05) is 25.7 Å². The first-order chi connectivity index (χ1) is 11.1. The maximum absolute atomic E-state index is 5.95. The number of benzene rings is 2. The number of ether oxygens (including phenoxy) is 2. The molecule has 0 aliphatic heterocycles. The van der Waals surface area contributed by atoms with Crippen LogP contribution < -0.4 is 20.9 Å². The van der Waals surface area contributed by atoms with E-state index in [-0.39, 0.29) is 5.95 Å². The second-order valence-electron chi connectivity index (χ2n) is 5.17. The highest BCUT2D eigenvalue weighted by Gasteiger charge is 2.09. The lowest BCUT2D eigenvalue weighted by Gasteiger charge is -2.11. The molecule has 2 aromatic carbocycles. The number of nitrogens with two attached hydrogens (primary N) is 2. The molecule has 23 heavy (non-hydrogen) atoms. The van der Waals surface area contributed by atoms with Crippen molar-refractivity contribution in [1.29, 1.82) is 0 Å². The number of methoxy groups -OCH3 is 2. The van der Waals surface area contributed by atoms with Crippen LogP contribution in [0.1, 0.15) is 11.1 Å². The van der Waals surface area contributed by atoms with Gasteiger partial charge in [0.25, 0.3) is 0 Å². The lowest BCUT2D eigenvalue weighted by Crippen LogP contribution is -2.01. The first-order valence-electron chi connectivity index (χ1n) is 7.13. The molecule has 0 aliphatic carbocycles. The van der Waals surface area contributed by atoms with Crippen LogP contribution in [0.25, 0.3) is 10.9 Å². The maximum atomic E-state index is 5.95. The predicted molar refractivity (Wildman–Crippen MR) is 90.7 cm³/mol. The van der Waals surface area contributed by atoms with Crippen LogP contribution in [0.4, 0.5) is 11.8 Å². The highest BCUT2D eigenvalue weighted by Crippen LogP contribution is 2.28. The van der Waals surface area contributed by atoms with Crippen LogP contribution in [-0.4, -0.2) is 24.2 Å². The molecular formula is C17H18N4O2. The fourth-order valence-electron chi connectivity index (χ4n) is 2.57. The molecule has 0 unspecified atom stereocenters. The van der Waals surface area contributed by atoms with Crippen LogP contribution >= 0.6 is 0 Å². The number of nitrogen functional groups attached to an aromatic ring is 2. The fourth-order valence-corrected chi connectivity index (χ4v) is 2.57. The number of anilines is 2. The van der Waals surface area contributed by atoms with Crippen molar-refractivity contribution < 1.29 is 9.47 Å². The summed E-state index contributed by atoms with van der Waals surface area (Å²) >= 11 is 0. The molecule has 4 N–H and O–H groups in total. The summed E-state index contributed by atoms with van der Waals surface area (Å²) in [5.41, 5.74) is 14.4. The molecule has 6 heteroatoms. The smallest absolute Gasteiger partial charge is 0.222 e. The van der Waals surface area contributed by atoms with E-state index in [1.54, 1.807) is 14.2 Å². The molecule has 0 radical (unpaired) electrons. The Labute approximate surface area is 134 Å². The zero-order chi connectivity index (χ0) is 16.4. The van der Waals surface area contributed by atoms with Gasteiger partial charge in [-0.25, -0.2) is 4.98 Å². The van der Waals surface area contributed by atoms with Crippen molar-refractivity contribution in [2.45, 2.75) is 6.42 Å². The van der Waals surface area contributed by atoms with Gasteiger partial charge >= 0.3 is 0 Å². The Kier molecular flexibility index (Phi) is 3.89. The normalized spacial score (nSPS) is 10.7. The number of nitrogens with zero attached hydrogens (tertiary/aromatic N) is 2. The number of hydrogen-bond donors (Lipinski definition) is 2. The van der Waals surface area contributed by atoms with E-state index in [0.29, 0.717) is 12.2 Å². The minimum Gasteiger partial charge on any atom is -0.497 e. The summed E-state index contributed by atoms with van der Waals surface area (Å²) in [5, 5.41) is 0.790. The number of hydrogen-bond acceptors (Lipinski definition) is 6. The Morgan fingerprint density at radius 2 is 1.78 bits per heavy atom. The van der Waals surface area contributed by atoms with Crippen molar-refractivity contribution in [3.05, 3.63) is 47.5 Å². The van der Waals surface area contributed by atoms with Gasteiger partial charge in [-0.05, 0) is 35.9 Å². The van der Waals surface area contributed by atoms with E-state index in [0.717, 1.165) is 33.5 Å². The van der Waals surface area contributed by atoms with E-state index < -0.39 is 0 Å². The Bertz CT molecular complexity index is 865. The molecule has 6 nitrogen and oxygen atoms in total. The van der Waals surface area contributed by atoms with Crippen molar-refractivity contribution in [2.24, 2.45) is 0 Å².